The Morgan fingerprint density at radius 3 is 3.00 bits per heavy atom. The number of aliphatic hydroxyl groups is 1. The first-order valence-corrected chi connectivity index (χ1v) is 10.1. The summed E-state index contributed by atoms with van der Waals surface area (Å²) in [7, 11) is 0. The summed E-state index contributed by atoms with van der Waals surface area (Å²) in [5.74, 6) is 0.653. The molecule has 0 aliphatic carbocycles. The van der Waals surface area contributed by atoms with Gasteiger partial charge >= 0.3 is 0 Å². The maximum Gasteiger partial charge on any atom is 0.229 e. The first-order valence-electron chi connectivity index (χ1n) is 10.1. The summed E-state index contributed by atoms with van der Waals surface area (Å²) in [6.45, 7) is 4.62. The lowest BCUT2D eigenvalue weighted by Gasteiger charge is -2.17. The second kappa shape index (κ2) is 9.19. The lowest BCUT2D eigenvalue weighted by Crippen LogP contribution is -2.27. The highest BCUT2D eigenvalue weighted by atomic mass is 19.1. The molecule has 1 saturated heterocycles. The number of aliphatic hydroxyl groups excluding tert-OH is 1. The van der Waals surface area contributed by atoms with E-state index in [1.54, 1.807) is 12.4 Å². The van der Waals surface area contributed by atoms with Crippen molar-refractivity contribution in [3.8, 4) is 11.6 Å². The van der Waals surface area contributed by atoms with Crippen molar-refractivity contribution in [3.63, 3.8) is 0 Å². The third-order valence-electron chi connectivity index (χ3n) is 5.05. The number of nitrogens with zero attached hydrogens (tertiary/aromatic N) is 5. The Morgan fingerprint density at radius 1 is 1.33 bits per heavy atom. The minimum absolute atomic E-state index is 0.0893. The molecule has 9 heteroatoms. The zero-order valence-corrected chi connectivity index (χ0v) is 16.8. The molecule has 30 heavy (non-hydrogen) atoms. The number of hydrogen-bond donors (Lipinski definition) is 2. The zero-order valence-electron chi connectivity index (χ0n) is 16.8. The van der Waals surface area contributed by atoms with Crippen LogP contribution in [0.25, 0.3) is 5.82 Å². The summed E-state index contributed by atoms with van der Waals surface area (Å²) in [4.78, 5) is 14.5. The number of anilines is 2. The van der Waals surface area contributed by atoms with Gasteiger partial charge in [-0.1, -0.05) is 6.92 Å². The molecule has 1 fully saturated rings. The van der Waals surface area contributed by atoms with Crippen LogP contribution in [0.1, 0.15) is 18.9 Å². The molecule has 8 nitrogen and oxygen atoms in total. The van der Waals surface area contributed by atoms with Gasteiger partial charge in [0, 0.05) is 43.8 Å². The summed E-state index contributed by atoms with van der Waals surface area (Å²) in [6, 6.07) is 5.93. The molecule has 0 radical (unpaired) electrons. The standard InChI is InChI=1S/C21H25FN6O2/c1-2-15-9-16(11-18(10-15)30-17-3-5-27(13-17)7-8-29)25-21-24-12-19(22)20(26-21)28-6-4-23-14-28/h4,6,9-12,14,17,29H,2-3,5,7-8,13H2,1H3,(H,24,25,26)/t17-/m0/s1. The number of imidazole rings is 1. The van der Waals surface area contributed by atoms with Crippen molar-refractivity contribution in [2.75, 3.05) is 31.6 Å². The Labute approximate surface area is 174 Å². The van der Waals surface area contributed by atoms with Crippen molar-refractivity contribution >= 4 is 11.6 Å². The third kappa shape index (κ3) is 4.74. The topological polar surface area (TPSA) is 88.3 Å². The number of aromatic nitrogens is 4. The first kappa shape index (κ1) is 20.2. The average Bonchev–Trinajstić information content (AvgIpc) is 3.42. The molecule has 1 aliphatic heterocycles. The highest BCUT2D eigenvalue weighted by molar-refractivity contribution is 5.58. The third-order valence-corrected chi connectivity index (χ3v) is 5.05. The number of ether oxygens (including phenoxy) is 1. The second-order valence-electron chi connectivity index (χ2n) is 7.23. The van der Waals surface area contributed by atoms with Crippen LogP contribution in [0.15, 0.2) is 43.1 Å². The number of β-amino-alcohol motifs (C(OH)–C–C–N with tert-alkyl or cyclic N) is 1. The molecule has 2 aromatic heterocycles. The van der Waals surface area contributed by atoms with Gasteiger partial charge in [0.1, 0.15) is 18.2 Å². The maximum atomic E-state index is 14.1. The molecule has 1 atom stereocenters. The quantitative estimate of drug-likeness (QED) is 0.588. The molecule has 3 heterocycles. The van der Waals surface area contributed by atoms with Crippen LogP contribution in [0.4, 0.5) is 16.0 Å². The van der Waals surface area contributed by atoms with E-state index in [4.69, 9.17) is 9.84 Å². The van der Waals surface area contributed by atoms with Gasteiger partial charge in [0.2, 0.25) is 5.95 Å². The maximum absolute atomic E-state index is 14.1. The van der Waals surface area contributed by atoms with Crippen LogP contribution < -0.4 is 10.1 Å². The molecule has 0 bridgehead atoms. The Bertz CT molecular complexity index is 982. The van der Waals surface area contributed by atoms with Crippen molar-refractivity contribution in [2.24, 2.45) is 0 Å². The van der Waals surface area contributed by atoms with Gasteiger partial charge in [0.15, 0.2) is 11.6 Å². The van der Waals surface area contributed by atoms with Crippen LogP contribution in [0.3, 0.4) is 0 Å². The number of likely N-dealkylation sites (tertiary alicyclic amines) is 1. The number of aryl methyl sites for hydroxylation is 1. The van der Waals surface area contributed by atoms with E-state index in [-0.39, 0.29) is 24.5 Å². The Balaban J connectivity index is 1.52. The second-order valence-corrected chi connectivity index (χ2v) is 7.23. The number of benzene rings is 1. The Morgan fingerprint density at radius 2 is 2.23 bits per heavy atom. The van der Waals surface area contributed by atoms with Crippen molar-refractivity contribution in [3.05, 3.63) is 54.5 Å². The van der Waals surface area contributed by atoms with Crippen LogP contribution in [0.2, 0.25) is 0 Å². The normalized spacial score (nSPS) is 16.7. The lowest BCUT2D eigenvalue weighted by atomic mass is 10.1. The van der Waals surface area contributed by atoms with Gasteiger partial charge in [0.05, 0.1) is 12.8 Å². The molecule has 3 aromatic rings. The summed E-state index contributed by atoms with van der Waals surface area (Å²) in [5.41, 5.74) is 1.88. The van der Waals surface area contributed by atoms with E-state index >= 15 is 0 Å². The van der Waals surface area contributed by atoms with E-state index in [9.17, 15) is 4.39 Å². The van der Waals surface area contributed by atoms with E-state index in [0.29, 0.717) is 6.54 Å². The van der Waals surface area contributed by atoms with Gasteiger partial charge in [-0.25, -0.2) is 14.4 Å². The lowest BCUT2D eigenvalue weighted by molar-refractivity contribution is 0.181. The Kier molecular flexibility index (Phi) is 6.20. The monoisotopic (exact) mass is 412 g/mol. The van der Waals surface area contributed by atoms with Crippen LogP contribution in [0.5, 0.6) is 5.75 Å². The van der Waals surface area contributed by atoms with Crippen molar-refractivity contribution in [1.82, 2.24) is 24.4 Å². The minimum Gasteiger partial charge on any atom is -0.489 e. The minimum atomic E-state index is -0.529. The van der Waals surface area contributed by atoms with Crippen molar-refractivity contribution < 1.29 is 14.2 Å². The molecular weight excluding hydrogens is 387 g/mol. The van der Waals surface area contributed by atoms with Gasteiger partial charge in [-0.05, 0) is 30.5 Å². The Hall–Kier alpha value is -3.04. The van der Waals surface area contributed by atoms with Gasteiger partial charge in [0.25, 0.3) is 0 Å². The molecule has 0 saturated carbocycles. The van der Waals surface area contributed by atoms with Crippen LogP contribution in [0, 0.1) is 5.82 Å². The molecule has 158 valence electrons. The van der Waals surface area contributed by atoms with Crippen LogP contribution in [-0.4, -0.2) is 61.9 Å². The molecule has 0 amide bonds. The zero-order chi connectivity index (χ0) is 20.9. The number of nitrogens with one attached hydrogen (secondary N) is 1. The van der Waals surface area contributed by atoms with E-state index in [1.807, 2.05) is 18.2 Å². The summed E-state index contributed by atoms with van der Waals surface area (Å²) >= 11 is 0. The highest BCUT2D eigenvalue weighted by Crippen LogP contribution is 2.26. The van der Waals surface area contributed by atoms with Gasteiger partial charge in [-0.2, -0.15) is 4.98 Å². The molecule has 4 rings (SSSR count). The molecule has 1 aliphatic rings. The SMILES string of the molecule is CCc1cc(Nc2ncc(F)c(-n3ccnc3)n2)cc(O[C@H]2CCN(CCO)C2)c1. The van der Waals surface area contributed by atoms with Gasteiger partial charge < -0.3 is 15.2 Å². The molecule has 0 unspecified atom stereocenters. The average molecular weight is 412 g/mol. The highest BCUT2D eigenvalue weighted by Gasteiger charge is 2.23. The largest absolute Gasteiger partial charge is 0.489 e. The fraction of sp³-hybridized carbons (Fsp3) is 0.381. The molecule has 2 N–H and O–H groups in total. The van der Waals surface area contributed by atoms with E-state index in [2.05, 4.69) is 32.1 Å². The predicted molar refractivity (Wildman–Crippen MR) is 111 cm³/mol. The van der Waals surface area contributed by atoms with Crippen molar-refractivity contribution in [1.29, 1.82) is 0 Å². The fourth-order valence-corrected chi connectivity index (χ4v) is 3.55. The van der Waals surface area contributed by atoms with Crippen molar-refractivity contribution in [2.45, 2.75) is 25.9 Å². The van der Waals surface area contributed by atoms with Gasteiger partial charge in [-0.3, -0.25) is 9.47 Å². The molecule has 1 aromatic carbocycles. The predicted octanol–water partition coefficient (Wildman–Crippen LogP) is 2.55. The van der Waals surface area contributed by atoms with E-state index in [0.717, 1.165) is 49.1 Å². The summed E-state index contributed by atoms with van der Waals surface area (Å²) in [5, 5.41) is 12.3. The molecular formula is C21H25FN6O2. The van der Waals surface area contributed by atoms with Gasteiger partial charge in [-0.15, -0.1) is 0 Å². The number of hydrogen-bond acceptors (Lipinski definition) is 7. The molecule has 0 spiro atoms. The van der Waals surface area contributed by atoms with E-state index in [1.165, 1.54) is 10.9 Å². The number of rotatable bonds is 8. The van der Waals surface area contributed by atoms with Crippen LogP contribution >= 0.6 is 0 Å². The van der Waals surface area contributed by atoms with E-state index < -0.39 is 5.82 Å². The number of halogens is 1. The van der Waals surface area contributed by atoms with Crippen LogP contribution in [-0.2, 0) is 6.42 Å². The summed E-state index contributed by atoms with van der Waals surface area (Å²) < 4.78 is 21.8. The summed E-state index contributed by atoms with van der Waals surface area (Å²) in [6.07, 6.45) is 7.67. The smallest absolute Gasteiger partial charge is 0.229 e. The fourth-order valence-electron chi connectivity index (χ4n) is 3.55. The first-order chi connectivity index (χ1) is 14.6.